The fourth-order valence-electron chi connectivity index (χ4n) is 2.12. The second-order valence-electron chi connectivity index (χ2n) is 5.06. The van der Waals surface area contributed by atoms with Gasteiger partial charge in [-0.1, -0.05) is 13.8 Å². The van der Waals surface area contributed by atoms with Gasteiger partial charge in [0.05, 0.1) is 12.6 Å². The van der Waals surface area contributed by atoms with Crippen molar-refractivity contribution in [1.29, 1.82) is 0 Å². The number of anilines is 1. The van der Waals surface area contributed by atoms with Gasteiger partial charge in [-0.15, -0.1) is 0 Å². The van der Waals surface area contributed by atoms with Crippen molar-refractivity contribution in [3.63, 3.8) is 0 Å². The molecule has 0 fully saturated rings. The van der Waals surface area contributed by atoms with E-state index in [0.29, 0.717) is 5.56 Å². The average Bonchev–Trinajstić information content (AvgIpc) is 2.82. The van der Waals surface area contributed by atoms with Crippen LogP contribution in [0.1, 0.15) is 29.8 Å². The first-order valence-corrected chi connectivity index (χ1v) is 6.40. The van der Waals surface area contributed by atoms with E-state index in [0.717, 1.165) is 18.7 Å². The van der Waals surface area contributed by atoms with Gasteiger partial charge in [0.2, 0.25) is 0 Å². The van der Waals surface area contributed by atoms with Gasteiger partial charge in [0.25, 0.3) is 5.91 Å². The maximum absolute atomic E-state index is 12.1. The minimum Gasteiger partial charge on any atom is -0.394 e. The van der Waals surface area contributed by atoms with Gasteiger partial charge in [0.15, 0.2) is 0 Å². The van der Waals surface area contributed by atoms with E-state index in [1.54, 1.807) is 0 Å². The summed E-state index contributed by atoms with van der Waals surface area (Å²) in [6.07, 6.45) is 0.962. The Bertz CT molecular complexity index is 443. The zero-order valence-corrected chi connectivity index (χ0v) is 10.9. The summed E-state index contributed by atoms with van der Waals surface area (Å²) in [5.74, 6) is 0.104. The van der Waals surface area contributed by atoms with Crippen molar-refractivity contribution in [2.45, 2.75) is 26.3 Å². The number of hydrogen-bond donors (Lipinski definition) is 3. The summed E-state index contributed by atoms with van der Waals surface area (Å²) in [6.45, 7) is 4.86. The molecule has 1 aromatic rings. The third-order valence-electron chi connectivity index (χ3n) is 3.40. The number of hydrogen-bond acceptors (Lipinski definition) is 3. The lowest BCUT2D eigenvalue weighted by molar-refractivity contribution is 0.0897. The van der Waals surface area contributed by atoms with E-state index < -0.39 is 0 Å². The van der Waals surface area contributed by atoms with Crippen LogP contribution in [0.3, 0.4) is 0 Å². The Kier molecular flexibility index (Phi) is 3.87. The number of aliphatic hydroxyl groups is 1. The van der Waals surface area contributed by atoms with Crippen LogP contribution in [0, 0.1) is 5.92 Å². The Balaban J connectivity index is 2.09. The van der Waals surface area contributed by atoms with E-state index in [2.05, 4.69) is 10.6 Å². The predicted molar refractivity (Wildman–Crippen MR) is 71.8 cm³/mol. The lowest BCUT2D eigenvalue weighted by atomic mass is 10.0. The van der Waals surface area contributed by atoms with Gasteiger partial charge in [-0.2, -0.15) is 0 Å². The molecule has 0 saturated carbocycles. The third-order valence-corrected chi connectivity index (χ3v) is 3.40. The van der Waals surface area contributed by atoms with E-state index in [1.165, 1.54) is 5.56 Å². The highest BCUT2D eigenvalue weighted by molar-refractivity contribution is 5.95. The molecule has 0 spiro atoms. The van der Waals surface area contributed by atoms with Gasteiger partial charge in [-0.25, -0.2) is 0 Å². The smallest absolute Gasteiger partial charge is 0.251 e. The maximum Gasteiger partial charge on any atom is 0.251 e. The fourth-order valence-corrected chi connectivity index (χ4v) is 2.12. The number of amides is 1. The Morgan fingerprint density at radius 1 is 1.50 bits per heavy atom. The largest absolute Gasteiger partial charge is 0.394 e. The molecule has 0 bridgehead atoms. The molecule has 1 amide bonds. The van der Waals surface area contributed by atoms with Crippen molar-refractivity contribution in [2.75, 3.05) is 18.5 Å². The van der Waals surface area contributed by atoms with Crippen molar-refractivity contribution >= 4 is 11.6 Å². The highest BCUT2D eigenvalue weighted by Crippen LogP contribution is 2.23. The summed E-state index contributed by atoms with van der Waals surface area (Å²) in [4.78, 5) is 12.1. The average molecular weight is 248 g/mol. The number of nitrogens with one attached hydrogen (secondary N) is 2. The zero-order valence-electron chi connectivity index (χ0n) is 10.9. The lowest BCUT2D eigenvalue weighted by Gasteiger charge is -2.20. The Hall–Kier alpha value is -1.55. The molecular formula is C14H20N2O2. The van der Waals surface area contributed by atoms with Crippen LogP contribution >= 0.6 is 0 Å². The Morgan fingerprint density at radius 2 is 2.28 bits per heavy atom. The summed E-state index contributed by atoms with van der Waals surface area (Å²) in [5, 5.41) is 15.4. The molecule has 0 aliphatic carbocycles. The molecule has 0 unspecified atom stereocenters. The summed E-state index contributed by atoms with van der Waals surface area (Å²) >= 11 is 0. The molecule has 0 radical (unpaired) electrons. The lowest BCUT2D eigenvalue weighted by Crippen LogP contribution is -2.41. The molecule has 18 heavy (non-hydrogen) atoms. The van der Waals surface area contributed by atoms with Crippen LogP contribution in [0.2, 0.25) is 0 Å². The predicted octanol–water partition coefficient (Wildman–Crippen LogP) is 1.40. The second kappa shape index (κ2) is 5.40. The van der Waals surface area contributed by atoms with Gasteiger partial charge >= 0.3 is 0 Å². The molecule has 3 N–H and O–H groups in total. The molecule has 0 aromatic heterocycles. The summed E-state index contributed by atoms with van der Waals surface area (Å²) in [7, 11) is 0. The SMILES string of the molecule is CC(C)[C@@H](CO)NC(=O)c1ccc2c(c1)CCN2. The topological polar surface area (TPSA) is 61.4 Å². The van der Waals surface area contributed by atoms with Crippen LogP contribution in [0.4, 0.5) is 5.69 Å². The minimum atomic E-state index is -0.191. The fraction of sp³-hybridized carbons (Fsp3) is 0.500. The number of carbonyl (C=O) groups is 1. The summed E-state index contributed by atoms with van der Waals surface area (Å²) < 4.78 is 0. The Morgan fingerprint density at radius 3 is 2.94 bits per heavy atom. The van der Waals surface area contributed by atoms with E-state index in [4.69, 9.17) is 0 Å². The second-order valence-corrected chi connectivity index (χ2v) is 5.06. The molecule has 1 heterocycles. The van der Waals surface area contributed by atoms with E-state index in [9.17, 15) is 9.90 Å². The van der Waals surface area contributed by atoms with Gasteiger partial charge in [0, 0.05) is 17.8 Å². The normalized spacial score (nSPS) is 15.1. The first-order valence-electron chi connectivity index (χ1n) is 6.40. The molecule has 1 aromatic carbocycles. The van der Waals surface area contributed by atoms with Crippen LogP contribution in [-0.4, -0.2) is 30.2 Å². The van der Waals surface area contributed by atoms with Gasteiger partial charge in [-0.05, 0) is 36.1 Å². The molecule has 1 atom stereocenters. The van der Waals surface area contributed by atoms with Crippen molar-refractivity contribution in [2.24, 2.45) is 5.92 Å². The molecule has 1 aliphatic rings. The van der Waals surface area contributed by atoms with Crippen LogP contribution in [0.5, 0.6) is 0 Å². The number of rotatable bonds is 4. The quantitative estimate of drug-likeness (QED) is 0.755. The first kappa shape index (κ1) is 12.9. The standard InChI is InChI=1S/C14H20N2O2/c1-9(2)13(8-17)16-14(18)11-3-4-12-10(7-11)5-6-15-12/h3-4,7,9,13,15,17H,5-6,8H2,1-2H3,(H,16,18)/t13-/m1/s1. The first-order chi connectivity index (χ1) is 8.61. The summed E-state index contributed by atoms with van der Waals surface area (Å²) in [5.41, 5.74) is 2.97. The third kappa shape index (κ3) is 2.64. The zero-order chi connectivity index (χ0) is 13.1. The number of carbonyl (C=O) groups excluding carboxylic acids is 1. The molecule has 1 aliphatic heterocycles. The maximum atomic E-state index is 12.1. The van der Waals surface area contributed by atoms with Gasteiger partial charge in [0.1, 0.15) is 0 Å². The molecule has 4 nitrogen and oxygen atoms in total. The number of aliphatic hydroxyl groups excluding tert-OH is 1. The molecule has 2 rings (SSSR count). The molecular weight excluding hydrogens is 228 g/mol. The van der Waals surface area contributed by atoms with Crippen molar-refractivity contribution < 1.29 is 9.90 Å². The van der Waals surface area contributed by atoms with E-state index in [1.807, 2.05) is 32.0 Å². The van der Waals surface area contributed by atoms with Crippen LogP contribution in [0.15, 0.2) is 18.2 Å². The van der Waals surface area contributed by atoms with Crippen LogP contribution in [-0.2, 0) is 6.42 Å². The van der Waals surface area contributed by atoms with Crippen LogP contribution < -0.4 is 10.6 Å². The number of fused-ring (bicyclic) bond motifs is 1. The van der Waals surface area contributed by atoms with Crippen molar-refractivity contribution in [1.82, 2.24) is 5.32 Å². The minimum absolute atomic E-state index is 0.0318. The van der Waals surface area contributed by atoms with Crippen LogP contribution in [0.25, 0.3) is 0 Å². The van der Waals surface area contributed by atoms with E-state index in [-0.39, 0.29) is 24.5 Å². The van der Waals surface area contributed by atoms with E-state index >= 15 is 0 Å². The highest BCUT2D eigenvalue weighted by Gasteiger charge is 2.18. The molecule has 98 valence electrons. The molecule has 0 saturated heterocycles. The number of benzene rings is 1. The summed E-state index contributed by atoms with van der Waals surface area (Å²) in [6, 6.07) is 5.50. The Labute approximate surface area is 107 Å². The van der Waals surface area contributed by atoms with Crippen molar-refractivity contribution in [3.05, 3.63) is 29.3 Å². The van der Waals surface area contributed by atoms with Crippen molar-refractivity contribution in [3.8, 4) is 0 Å². The van der Waals surface area contributed by atoms with Gasteiger partial charge in [-0.3, -0.25) is 4.79 Å². The monoisotopic (exact) mass is 248 g/mol. The highest BCUT2D eigenvalue weighted by atomic mass is 16.3. The van der Waals surface area contributed by atoms with Gasteiger partial charge < -0.3 is 15.7 Å². The molecule has 4 heteroatoms.